The van der Waals surface area contributed by atoms with Crippen molar-refractivity contribution >= 4 is 29.9 Å². The van der Waals surface area contributed by atoms with E-state index in [9.17, 15) is 25.3 Å². The number of hydrogen-bond acceptors (Lipinski definition) is 7. The highest BCUT2D eigenvalue weighted by molar-refractivity contribution is 7.91. The van der Waals surface area contributed by atoms with Crippen LogP contribution in [0, 0.1) is 5.92 Å². The van der Waals surface area contributed by atoms with Crippen LogP contribution < -0.4 is 9.46 Å². The molecular formula is C17H28N2O7S3. The highest BCUT2D eigenvalue weighted by Gasteiger charge is 2.30. The van der Waals surface area contributed by atoms with Crippen LogP contribution in [0.3, 0.4) is 0 Å². The van der Waals surface area contributed by atoms with Gasteiger partial charge in [-0.25, -0.2) is 30.0 Å². The lowest BCUT2D eigenvalue weighted by Gasteiger charge is -2.31. The van der Waals surface area contributed by atoms with Crippen LogP contribution in [0.2, 0.25) is 0 Å². The summed E-state index contributed by atoms with van der Waals surface area (Å²) in [6.07, 6.45) is 2.48. The molecule has 166 valence electrons. The smallest absolute Gasteiger partial charge is 0.243 e. The fraction of sp³-hybridized carbons (Fsp3) is 0.647. The standard InChI is InChI=1S/C17H28N2O7S3/c1-3-28(22,23)12-11-26-16-6-8-17(9-7-16)29(24,25)19-10-4-5-15(14-19)13-18-27(2,20)21/h6-9,15,18H,3-5,10-14H2,1-2H3. The minimum atomic E-state index is -3.71. The molecule has 0 saturated carbocycles. The van der Waals surface area contributed by atoms with Gasteiger partial charge in [-0.05, 0) is 43.0 Å². The zero-order valence-electron chi connectivity index (χ0n) is 16.6. The number of nitrogens with zero attached hydrogens (tertiary/aromatic N) is 1. The van der Waals surface area contributed by atoms with Crippen molar-refractivity contribution in [1.29, 1.82) is 0 Å². The van der Waals surface area contributed by atoms with Crippen molar-refractivity contribution in [3.63, 3.8) is 0 Å². The van der Waals surface area contributed by atoms with Crippen LogP contribution in [0.5, 0.6) is 5.75 Å². The summed E-state index contributed by atoms with van der Waals surface area (Å²) in [5.74, 6) is 0.255. The minimum absolute atomic E-state index is 0.00338. The van der Waals surface area contributed by atoms with Gasteiger partial charge in [0.2, 0.25) is 20.0 Å². The van der Waals surface area contributed by atoms with E-state index in [0.29, 0.717) is 18.7 Å². The van der Waals surface area contributed by atoms with Gasteiger partial charge in [-0.1, -0.05) is 6.92 Å². The second-order valence-corrected chi connectivity index (χ2v) is 13.3. The summed E-state index contributed by atoms with van der Waals surface area (Å²) in [7, 11) is -10.2. The van der Waals surface area contributed by atoms with Crippen LogP contribution in [-0.2, 0) is 29.9 Å². The van der Waals surface area contributed by atoms with Crippen LogP contribution in [0.25, 0.3) is 0 Å². The van der Waals surface area contributed by atoms with Gasteiger partial charge in [0.25, 0.3) is 0 Å². The molecule has 1 aromatic carbocycles. The van der Waals surface area contributed by atoms with Gasteiger partial charge in [0.1, 0.15) is 12.4 Å². The summed E-state index contributed by atoms with van der Waals surface area (Å²) in [6.45, 7) is 2.40. The molecule has 29 heavy (non-hydrogen) atoms. The summed E-state index contributed by atoms with van der Waals surface area (Å²) < 4.78 is 80.5. The maximum absolute atomic E-state index is 12.9. The number of piperidine rings is 1. The first-order valence-electron chi connectivity index (χ1n) is 9.31. The van der Waals surface area contributed by atoms with Crippen LogP contribution in [0.4, 0.5) is 0 Å². The molecule has 1 fully saturated rings. The Morgan fingerprint density at radius 3 is 2.34 bits per heavy atom. The van der Waals surface area contributed by atoms with Gasteiger partial charge < -0.3 is 4.74 Å². The van der Waals surface area contributed by atoms with Crippen LogP contribution in [0.15, 0.2) is 29.2 Å². The fourth-order valence-electron chi connectivity index (χ4n) is 2.97. The van der Waals surface area contributed by atoms with Crippen molar-refractivity contribution in [2.45, 2.75) is 24.7 Å². The van der Waals surface area contributed by atoms with Crippen molar-refractivity contribution in [2.24, 2.45) is 5.92 Å². The number of nitrogens with one attached hydrogen (secondary N) is 1. The molecule has 0 aromatic heterocycles. The molecule has 1 atom stereocenters. The monoisotopic (exact) mass is 468 g/mol. The van der Waals surface area contributed by atoms with E-state index in [0.717, 1.165) is 12.7 Å². The van der Waals surface area contributed by atoms with Crippen molar-refractivity contribution in [3.05, 3.63) is 24.3 Å². The summed E-state index contributed by atoms with van der Waals surface area (Å²) in [6, 6.07) is 5.85. The topological polar surface area (TPSA) is 127 Å². The van der Waals surface area contributed by atoms with Gasteiger partial charge in [0.15, 0.2) is 9.84 Å². The Labute approximate surface area is 173 Å². The minimum Gasteiger partial charge on any atom is -0.493 e. The van der Waals surface area contributed by atoms with E-state index in [1.54, 1.807) is 6.92 Å². The molecule has 0 radical (unpaired) electrons. The third kappa shape index (κ3) is 7.52. The average molecular weight is 469 g/mol. The number of rotatable bonds is 10. The largest absolute Gasteiger partial charge is 0.493 e. The first-order chi connectivity index (χ1) is 13.4. The summed E-state index contributed by atoms with van der Waals surface area (Å²) in [5, 5.41) is 0. The van der Waals surface area contributed by atoms with Crippen molar-refractivity contribution in [1.82, 2.24) is 9.03 Å². The van der Waals surface area contributed by atoms with E-state index in [1.807, 2.05) is 0 Å². The highest BCUT2D eigenvalue weighted by Crippen LogP contribution is 2.25. The van der Waals surface area contributed by atoms with Gasteiger partial charge in [-0.3, -0.25) is 0 Å². The van der Waals surface area contributed by atoms with E-state index in [4.69, 9.17) is 4.74 Å². The summed E-state index contributed by atoms with van der Waals surface area (Å²) in [5.41, 5.74) is 0. The molecule has 0 aliphatic carbocycles. The second kappa shape index (κ2) is 9.73. The maximum Gasteiger partial charge on any atom is 0.243 e. The number of hydrogen-bond donors (Lipinski definition) is 1. The molecule has 0 spiro atoms. The van der Waals surface area contributed by atoms with E-state index in [1.165, 1.54) is 28.6 Å². The third-order valence-electron chi connectivity index (χ3n) is 4.68. The van der Waals surface area contributed by atoms with Gasteiger partial charge in [-0.2, -0.15) is 4.31 Å². The second-order valence-electron chi connectivity index (χ2n) is 7.05. The molecule has 0 amide bonds. The van der Waals surface area contributed by atoms with E-state index >= 15 is 0 Å². The zero-order chi connectivity index (χ0) is 21.7. The van der Waals surface area contributed by atoms with Gasteiger partial charge >= 0.3 is 0 Å². The normalized spacial score (nSPS) is 19.2. The Hall–Kier alpha value is -1.21. The van der Waals surface area contributed by atoms with Crippen LogP contribution in [-0.4, -0.2) is 73.6 Å². The number of sulfone groups is 1. The Balaban J connectivity index is 1.99. The maximum atomic E-state index is 12.9. The lowest BCUT2D eigenvalue weighted by Crippen LogP contribution is -2.43. The van der Waals surface area contributed by atoms with Crippen LogP contribution >= 0.6 is 0 Å². The van der Waals surface area contributed by atoms with E-state index < -0.39 is 29.9 Å². The number of benzene rings is 1. The lowest BCUT2D eigenvalue weighted by atomic mass is 10.0. The molecule has 2 rings (SSSR count). The molecule has 1 N–H and O–H groups in total. The average Bonchev–Trinajstić information content (AvgIpc) is 2.66. The zero-order valence-corrected chi connectivity index (χ0v) is 19.0. The van der Waals surface area contributed by atoms with Crippen molar-refractivity contribution < 1.29 is 30.0 Å². The molecule has 1 aliphatic rings. The predicted molar refractivity (Wildman–Crippen MR) is 111 cm³/mol. The van der Waals surface area contributed by atoms with Crippen molar-refractivity contribution in [2.75, 3.05) is 44.0 Å². The Kier molecular flexibility index (Phi) is 8.08. The number of sulfonamides is 2. The SMILES string of the molecule is CCS(=O)(=O)CCOc1ccc(S(=O)(=O)N2CCCC(CNS(C)(=O)=O)C2)cc1. The summed E-state index contributed by atoms with van der Waals surface area (Å²) in [4.78, 5) is 0.114. The van der Waals surface area contributed by atoms with Gasteiger partial charge in [0.05, 0.1) is 16.9 Å². The number of ether oxygens (including phenoxy) is 1. The molecule has 1 unspecified atom stereocenters. The Bertz CT molecular complexity index is 988. The quantitative estimate of drug-likeness (QED) is 0.528. The molecular weight excluding hydrogens is 440 g/mol. The first-order valence-corrected chi connectivity index (χ1v) is 14.5. The summed E-state index contributed by atoms with van der Waals surface area (Å²) >= 11 is 0. The van der Waals surface area contributed by atoms with Crippen LogP contribution in [0.1, 0.15) is 19.8 Å². The Morgan fingerprint density at radius 1 is 1.10 bits per heavy atom. The lowest BCUT2D eigenvalue weighted by molar-refractivity contribution is 0.267. The van der Waals surface area contributed by atoms with E-state index in [-0.39, 0.29) is 42.0 Å². The molecule has 1 aromatic rings. The molecule has 1 aliphatic heterocycles. The molecule has 1 saturated heterocycles. The Morgan fingerprint density at radius 2 is 1.76 bits per heavy atom. The molecule has 9 nitrogen and oxygen atoms in total. The first kappa shape index (κ1) is 24.1. The predicted octanol–water partition coefficient (Wildman–Crippen LogP) is 0.450. The fourth-order valence-corrected chi connectivity index (χ4v) is 5.69. The van der Waals surface area contributed by atoms with Gasteiger partial charge in [-0.15, -0.1) is 0 Å². The molecule has 12 heteroatoms. The van der Waals surface area contributed by atoms with Gasteiger partial charge in [0, 0.05) is 25.4 Å². The van der Waals surface area contributed by atoms with E-state index in [2.05, 4.69) is 4.72 Å². The third-order valence-corrected chi connectivity index (χ3v) is 8.92. The highest BCUT2D eigenvalue weighted by atomic mass is 32.2. The molecule has 1 heterocycles. The molecule has 0 bridgehead atoms. The van der Waals surface area contributed by atoms with Crippen molar-refractivity contribution in [3.8, 4) is 5.75 Å².